The van der Waals surface area contributed by atoms with E-state index < -0.39 is 0 Å². The van der Waals surface area contributed by atoms with Crippen molar-refractivity contribution < 1.29 is 0 Å². The standard InChI is InChI=1S/C14H20N4S/c1-14(9-15)3-4-18(10-14)7-12-6-16-17-13(12)11-2-5-19-8-11/h2,5-6,8H,3-4,7,9-10,15H2,1H3,(H,16,17). The molecule has 1 aliphatic rings. The molecule has 0 spiro atoms. The number of thiophene rings is 1. The second-order valence-electron chi connectivity index (χ2n) is 5.76. The lowest BCUT2D eigenvalue weighted by molar-refractivity contribution is 0.275. The molecule has 0 aliphatic carbocycles. The van der Waals surface area contributed by atoms with E-state index in [1.807, 2.05) is 6.20 Å². The van der Waals surface area contributed by atoms with Gasteiger partial charge in [-0.2, -0.15) is 16.4 Å². The van der Waals surface area contributed by atoms with Crippen molar-refractivity contribution in [1.29, 1.82) is 0 Å². The van der Waals surface area contributed by atoms with Crippen LogP contribution in [-0.2, 0) is 6.54 Å². The molecule has 1 saturated heterocycles. The highest BCUT2D eigenvalue weighted by Crippen LogP contribution is 2.31. The van der Waals surface area contributed by atoms with Crippen LogP contribution in [0.25, 0.3) is 11.3 Å². The largest absolute Gasteiger partial charge is 0.330 e. The molecule has 0 radical (unpaired) electrons. The summed E-state index contributed by atoms with van der Waals surface area (Å²) in [5.74, 6) is 0. The maximum atomic E-state index is 5.87. The number of aromatic nitrogens is 2. The molecular formula is C14H20N4S. The van der Waals surface area contributed by atoms with Crippen LogP contribution in [0.4, 0.5) is 0 Å². The summed E-state index contributed by atoms with van der Waals surface area (Å²) in [5, 5.41) is 11.6. The van der Waals surface area contributed by atoms with Gasteiger partial charge in [0.15, 0.2) is 0 Å². The number of nitrogens with two attached hydrogens (primary N) is 1. The summed E-state index contributed by atoms with van der Waals surface area (Å²) < 4.78 is 0. The van der Waals surface area contributed by atoms with Gasteiger partial charge in [0, 0.05) is 29.6 Å². The first-order chi connectivity index (χ1) is 9.20. The summed E-state index contributed by atoms with van der Waals surface area (Å²) >= 11 is 1.71. The first kappa shape index (κ1) is 12.8. The lowest BCUT2D eigenvalue weighted by Gasteiger charge is -2.22. The first-order valence-electron chi connectivity index (χ1n) is 6.67. The van der Waals surface area contributed by atoms with Gasteiger partial charge in [-0.05, 0) is 36.4 Å². The van der Waals surface area contributed by atoms with Gasteiger partial charge in [0.25, 0.3) is 0 Å². The Labute approximate surface area is 117 Å². The summed E-state index contributed by atoms with van der Waals surface area (Å²) in [6.07, 6.45) is 3.14. The van der Waals surface area contributed by atoms with E-state index in [-0.39, 0.29) is 5.41 Å². The summed E-state index contributed by atoms with van der Waals surface area (Å²) in [6, 6.07) is 2.13. The van der Waals surface area contributed by atoms with E-state index in [9.17, 15) is 0 Å². The van der Waals surface area contributed by atoms with Crippen molar-refractivity contribution in [1.82, 2.24) is 15.1 Å². The first-order valence-corrected chi connectivity index (χ1v) is 7.62. The zero-order chi connectivity index (χ0) is 13.3. The Morgan fingerprint density at radius 2 is 2.47 bits per heavy atom. The topological polar surface area (TPSA) is 57.9 Å². The molecule has 19 heavy (non-hydrogen) atoms. The second kappa shape index (κ2) is 5.07. The van der Waals surface area contributed by atoms with Crippen LogP contribution >= 0.6 is 11.3 Å². The number of nitrogens with zero attached hydrogens (tertiary/aromatic N) is 2. The number of rotatable bonds is 4. The van der Waals surface area contributed by atoms with Gasteiger partial charge in [-0.3, -0.25) is 10.00 Å². The van der Waals surface area contributed by atoms with Crippen molar-refractivity contribution in [2.45, 2.75) is 19.9 Å². The maximum Gasteiger partial charge on any atom is 0.0703 e. The minimum atomic E-state index is 0.284. The molecule has 5 heteroatoms. The van der Waals surface area contributed by atoms with E-state index in [1.54, 1.807) is 11.3 Å². The average molecular weight is 276 g/mol. The molecule has 1 unspecified atom stereocenters. The third-order valence-electron chi connectivity index (χ3n) is 4.05. The highest BCUT2D eigenvalue weighted by molar-refractivity contribution is 7.08. The van der Waals surface area contributed by atoms with E-state index in [4.69, 9.17) is 5.73 Å². The fourth-order valence-electron chi connectivity index (χ4n) is 2.76. The average Bonchev–Trinajstić information content (AvgIpc) is 3.11. The Morgan fingerprint density at radius 1 is 1.58 bits per heavy atom. The van der Waals surface area contributed by atoms with Gasteiger partial charge >= 0.3 is 0 Å². The highest BCUT2D eigenvalue weighted by Gasteiger charge is 2.32. The molecule has 1 fully saturated rings. The summed E-state index contributed by atoms with van der Waals surface area (Å²) in [7, 11) is 0. The van der Waals surface area contributed by atoms with Gasteiger partial charge in [0.2, 0.25) is 0 Å². The number of nitrogens with one attached hydrogen (secondary N) is 1. The minimum Gasteiger partial charge on any atom is -0.330 e. The van der Waals surface area contributed by atoms with E-state index in [0.717, 1.165) is 31.9 Å². The fraction of sp³-hybridized carbons (Fsp3) is 0.500. The fourth-order valence-corrected chi connectivity index (χ4v) is 3.40. The van der Waals surface area contributed by atoms with Crippen LogP contribution in [0.1, 0.15) is 18.9 Å². The van der Waals surface area contributed by atoms with Crippen LogP contribution in [0.15, 0.2) is 23.0 Å². The third-order valence-corrected chi connectivity index (χ3v) is 4.73. The summed E-state index contributed by atoms with van der Waals surface area (Å²) in [4.78, 5) is 2.48. The van der Waals surface area contributed by atoms with Crippen LogP contribution in [-0.4, -0.2) is 34.7 Å². The van der Waals surface area contributed by atoms with Crippen molar-refractivity contribution in [3.05, 3.63) is 28.6 Å². The molecule has 1 atom stereocenters. The zero-order valence-corrected chi connectivity index (χ0v) is 12.0. The van der Waals surface area contributed by atoms with E-state index in [0.29, 0.717) is 0 Å². The zero-order valence-electron chi connectivity index (χ0n) is 11.2. The van der Waals surface area contributed by atoms with Gasteiger partial charge in [-0.1, -0.05) is 6.92 Å². The summed E-state index contributed by atoms with van der Waals surface area (Å²) in [5.41, 5.74) is 9.82. The predicted molar refractivity (Wildman–Crippen MR) is 79.0 cm³/mol. The van der Waals surface area contributed by atoms with Crippen LogP contribution in [0.2, 0.25) is 0 Å². The van der Waals surface area contributed by atoms with Crippen molar-refractivity contribution in [3.63, 3.8) is 0 Å². The van der Waals surface area contributed by atoms with Gasteiger partial charge < -0.3 is 5.73 Å². The third kappa shape index (κ3) is 2.59. The molecule has 3 N–H and O–H groups in total. The SMILES string of the molecule is CC1(CN)CCN(Cc2cn[nH]c2-c2ccsc2)C1. The van der Waals surface area contributed by atoms with E-state index in [2.05, 4.69) is 38.8 Å². The van der Waals surface area contributed by atoms with Crippen LogP contribution < -0.4 is 5.73 Å². The highest BCUT2D eigenvalue weighted by atomic mass is 32.1. The molecule has 3 rings (SSSR count). The minimum absolute atomic E-state index is 0.284. The monoisotopic (exact) mass is 276 g/mol. The molecule has 0 saturated carbocycles. The molecule has 102 valence electrons. The summed E-state index contributed by atoms with van der Waals surface area (Å²) in [6.45, 7) is 6.21. The Hall–Kier alpha value is -1.17. The van der Waals surface area contributed by atoms with Crippen molar-refractivity contribution >= 4 is 11.3 Å². The Balaban J connectivity index is 1.74. The normalized spacial score (nSPS) is 24.1. The second-order valence-corrected chi connectivity index (χ2v) is 6.54. The van der Waals surface area contributed by atoms with E-state index in [1.165, 1.54) is 17.5 Å². The maximum absolute atomic E-state index is 5.87. The van der Waals surface area contributed by atoms with Crippen LogP contribution in [0, 0.1) is 5.41 Å². The number of aromatic amines is 1. The molecule has 1 aliphatic heterocycles. The smallest absolute Gasteiger partial charge is 0.0703 e. The van der Waals surface area contributed by atoms with Gasteiger partial charge in [0.1, 0.15) is 0 Å². The van der Waals surface area contributed by atoms with Crippen molar-refractivity contribution in [3.8, 4) is 11.3 Å². The van der Waals surface area contributed by atoms with Crippen LogP contribution in [0.5, 0.6) is 0 Å². The Bertz CT molecular complexity index is 533. The predicted octanol–water partition coefficient (Wildman–Crippen LogP) is 2.31. The van der Waals surface area contributed by atoms with Gasteiger partial charge in [-0.15, -0.1) is 0 Å². The molecule has 2 aromatic rings. The molecule has 3 heterocycles. The van der Waals surface area contributed by atoms with Gasteiger partial charge in [-0.25, -0.2) is 0 Å². The molecule has 2 aromatic heterocycles. The van der Waals surface area contributed by atoms with Crippen LogP contribution in [0.3, 0.4) is 0 Å². The Morgan fingerprint density at radius 3 is 3.16 bits per heavy atom. The molecule has 0 aromatic carbocycles. The molecule has 0 bridgehead atoms. The van der Waals surface area contributed by atoms with Crippen molar-refractivity contribution in [2.24, 2.45) is 11.1 Å². The lowest BCUT2D eigenvalue weighted by Crippen LogP contribution is -2.31. The Kier molecular flexibility index (Phi) is 3.43. The quantitative estimate of drug-likeness (QED) is 0.901. The molecule has 0 amide bonds. The number of hydrogen-bond donors (Lipinski definition) is 2. The molecule has 4 nitrogen and oxygen atoms in total. The number of H-pyrrole nitrogens is 1. The van der Waals surface area contributed by atoms with Gasteiger partial charge in [0.05, 0.1) is 11.9 Å². The number of hydrogen-bond acceptors (Lipinski definition) is 4. The lowest BCUT2D eigenvalue weighted by atomic mass is 9.90. The van der Waals surface area contributed by atoms with E-state index >= 15 is 0 Å². The van der Waals surface area contributed by atoms with Crippen molar-refractivity contribution in [2.75, 3.05) is 19.6 Å². The number of likely N-dealkylation sites (tertiary alicyclic amines) is 1. The molecular weight excluding hydrogens is 256 g/mol.